The molecule has 1 atom stereocenters. The second-order valence-electron chi connectivity index (χ2n) is 10.4. The summed E-state index contributed by atoms with van der Waals surface area (Å²) in [5, 5.41) is 7.20. The number of anilines is 3. The number of hydrogen-bond donors (Lipinski definition) is 0. The average molecular weight is 615 g/mol. The Kier molecular flexibility index (Phi) is 8.67. The third-order valence-electron chi connectivity index (χ3n) is 7.63. The number of amidine groups is 1. The number of nitrogens with zero attached hydrogens (tertiary/aromatic N) is 4. The van der Waals surface area contributed by atoms with Crippen molar-refractivity contribution < 1.29 is 23.4 Å². The molecule has 4 aromatic rings. The van der Waals surface area contributed by atoms with Crippen LogP contribution in [0.1, 0.15) is 24.2 Å². The van der Waals surface area contributed by atoms with E-state index in [0.29, 0.717) is 41.0 Å². The molecule has 0 bridgehead atoms. The van der Waals surface area contributed by atoms with E-state index in [4.69, 9.17) is 30.9 Å². The highest BCUT2D eigenvalue weighted by Crippen LogP contribution is 2.43. The van der Waals surface area contributed by atoms with Gasteiger partial charge in [0.1, 0.15) is 12.4 Å². The lowest BCUT2D eigenvalue weighted by Gasteiger charge is -2.33. The number of Topliss-reactive ketones (excluding diaryl/α,β-unsaturated/α-hetero) is 1. The monoisotopic (exact) mass is 614 g/mol. The Bertz CT molecular complexity index is 1680. The maximum Gasteiger partial charge on any atom is 0.198 e. The first kappa shape index (κ1) is 29.5. The Hall–Kier alpha value is -4.60. The molecule has 10 heteroatoms. The van der Waals surface area contributed by atoms with Crippen LogP contribution in [0.25, 0.3) is 0 Å². The van der Waals surface area contributed by atoms with Crippen molar-refractivity contribution in [1.29, 1.82) is 0 Å². The third-order valence-corrected chi connectivity index (χ3v) is 7.93. The fourth-order valence-electron chi connectivity index (χ4n) is 5.44. The first-order valence-electron chi connectivity index (χ1n) is 14.3. The summed E-state index contributed by atoms with van der Waals surface area (Å²) in [6.45, 7) is 4.32. The predicted molar refractivity (Wildman–Crippen MR) is 170 cm³/mol. The minimum absolute atomic E-state index is 0.0413. The number of carbonyl (C=O) groups is 1. The maximum absolute atomic E-state index is 14.2. The number of benzene rings is 4. The number of morpholine rings is 1. The highest BCUT2D eigenvalue weighted by Gasteiger charge is 2.40. The number of hydrogen-bond acceptors (Lipinski definition) is 8. The summed E-state index contributed by atoms with van der Waals surface area (Å²) in [4.78, 5) is 17.2. The van der Waals surface area contributed by atoms with Crippen LogP contribution in [0.5, 0.6) is 11.5 Å². The molecule has 44 heavy (non-hydrogen) atoms. The van der Waals surface area contributed by atoms with Crippen LogP contribution in [-0.4, -0.2) is 45.0 Å². The molecule has 1 fully saturated rings. The lowest BCUT2D eigenvalue weighted by Crippen LogP contribution is -2.38. The molecule has 4 aromatic carbocycles. The van der Waals surface area contributed by atoms with Crippen LogP contribution in [0.4, 0.5) is 21.5 Å². The van der Waals surface area contributed by atoms with E-state index >= 15 is 0 Å². The molecular formula is C34H32ClFN4O4. The SMILES string of the molecule is COc1cc([C@@H]2N(c3ccccc3)N=C(C(C)=O)N2c2ccc(N3CCOCC3)c(Cl)c2)ccc1OCc1ccccc1F. The van der Waals surface area contributed by atoms with Gasteiger partial charge in [0.15, 0.2) is 29.3 Å². The summed E-state index contributed by atoms with van der Waals surface area (Å²) in [6, 6.07) is 27.5. The molecule has 2 aliphatic rings. The van der Waals surface area contributed by atoms with E-state index < -0.39 is 6.17 Å². The van der Waals surface area contributed by atoms with Gasteiger partial charge in [-0.2, -0.15) is 0 Å². The van der Waals surface area contributed by atoms with Gasteiger partial charge in [0.25, 0.3) is 0 Å². The van der Waals surface area contributed by atoms with E-state index in [-0.39, 0.29) is 24.0 Å². The van der Waals surface area contributed by atoms with Crippen LogP contribution in [0, 0.1) is 5.82 Å². The number of ketones is 1. The highest BCUT2D eigenvalue weighted by molar-refractivity contribution is 6.44. The van der Waals surface area contributed by atoms with Crippen molar-refractivity contribution >= 4 is 40.3 Å². The molecule has 0 amide bonds. The average Bonchev–Trinajstić information content (AvgIpc) is 3.46. The van der Waals surface area contributed by atoms with Crippen molar-refractivity contribution in [3.8, 4) is 11.5 Å². The number of hydrazone groups is 1. The molecule has 1 saturated heterocycles. The molecule has 0 aliphatic carbocycles. The van der Waals surface area contributed by atoms with Crippen LogP contribution in [0.2, 0.25) is 5.02 Å². The summed E-state index contributed by atoms with van der Waals surface area (Å²) >= 11 is 6.87. The van der Waals surface area contributed by atoms with Gasteiger partial charge < -0.3 is 19.1 Å². The maximum atomic E-state index is 14.2. The Labute approximate surface area is 260 Å². The van der Waals surface area contributed by atoms with Crippen LogP contribution < -0.4 is 24.3 Å². The van der Waals surface area contributed by atoms with Crippen LogP contribution in [0.3, 0.4) is 0 Å². The number of methoxy groups -OCH3 is 1. The van der Waals surface area contributed by atoms with E-state index in [9.17, 15) is 9.18 Å². The highest BCUT2D eigenvalue weighted by atomic mass is 35.5. The normalized spacial score (nSPS) is 16.6. The predicted octanol–water partition coefficient (Wildman–Crippen LogP) is 6.83. The lowest BCUT2D eigenvalue weighted by atomic mass is 10.1. The zero-order valence-corrected chi connectivity index (χ0v) is 25.2. The fourth-order valence-corrected chi connectivity index (χ4v) is 5.74. The topological polar surface area (TPSA) is 66.8 Å². The van der Waals surface area contributed by atoms with Crippen molar-refractivity contribution in [1.82, 2.24) is 0 Å². The molecule has 0 radical (unpaired) electrons. The molecule has 8 nitrogen and oxygen atoms in total. The Balaban J connectivity index is 1.40. The molecule has 0 saturated carbocycles. The van der Waals surface area contributed by atoms with Gasteiger partial charge in [-0.05, 0) is 48.5 Å². The second kappa shape index (κ2) is 13.0. The molecule has 0 N–H and O–H groups in total. The van der Waals surface area contributed by atoms with E-state index in [1.54, 1.807) is 31.4 Å². The van der Waals surface area contributed by atoms with E-state index in [1.165, 1.54) is 13.0 Å². The minimum Gasteiger partial charge on any atom is -0.493 e. The Morgan fingerprint density at radius 1 is 0.955 bits per heavy atom. The standard InChI is InChI=1S/C34H32ClFN4O4/c1-23(41)33-37-40(26-9-4-3-5-10-26)34(39(33)27-13-14-30(28(35)21-27)38-16-18-43-19-17-38)24-12-15-31(32(20-24)42-2)44-22-25-8-6-7-11-29(25)36/h3-15,20-21,34H,16-19,22H2,1-2H3/t34-/m0/s1. The van der Waals surface area contributed by atoms with Gasteiger partial charge in [0.05, 0.1) is 36.7 Å². The van der Waals surface area contributed by atoms with Crippen molar-refractivity contribution in [2.45, 2.75) is 19.7 Å². The van der Waals surface area contributed by atoms with Gasteiger partial charge in [0, 0.05) is 36.8 Å². The molecule has 0 aromatic heterocycles. The summed E-state index contributed by atoms with van der Waals surface area (Å²) in [6.07, 6.45) is -0.559. The minimum atomic E-state index is -0.559. The number of halogens is 2. The molecular weight excluding hydrogens is 583 g/mol. The van der Waals surface area contributed by atoms with E-state index in [1.807, 2.05) is 70.6 Å². The molecule has 2 heterocycles. The Morgan fingerprint density at radius 2 is 1.70 bits per heavy atom. The zero-order chi connectivity index (χ0) is 30.6. The van der Waals surface area contributed by atoms with Gasteiger partial charge in [0.2, 0.25) is 0 Å². The summed E-state index contributed by atoms with van der Waals surface area (Å²) in [7, 11) is 1.55. The smallest absolute Gasteiger partial charge is 0.198 e. The van der Waals surface area contributed by atoms with Gasteiger partial charge in [-0.3, -0.25) is 9.69 Å². The first-order valence-corrected chi connectivity index (χ1v) is 14.7. The van der Waals surface area contributed by atoms with Crippen molar-refractivity contribution in [2.75, 3.05) is 48.2 Å². The number of carbonyl (C=O) groups excluding carboxylic acids is 1. The van der Waals surface area contributed by atoms with Crippen LogP contribution in [-0.2, 0) is 16.1 Å². The number of ether oxygens (including phenoxy) is 3. The third kappa shape index (κ3) is 5.93. The summed E-state index contributed by atoms with van der Waals surface area (Å²) < 4.78 is 31.4. The largest absolute Gasteiger partial charge is 0.493 e. The van der Waals surface area contributed by atoms with Crippen LogP contribution >= 0.6 is 11.6 Å². The fraction of sp³-hybridized carbons (Fsp3) is 0.235. The first-order chi connectivity index (χ1) is 21.4. The van der Waals surface area contributed by atoms with Crippen molar-refractivity contribution in [3.63, 3.8) is 0 Å². The molecule has 226 valence electrons. The lowest BCUT2D eigenvalue weighted by molar-refractivity contribution is -0.111. The summed E-state index contributed by atoms with van der Waals surface area (Å²) in [5.41, 5.74) is 3.65. The van der Waals surface area contributed by atoms with Gasteiger partial charge in [-0.25, -0.2) is 9.40 Å². The van der Waals surface area contributed by atoms with Crippen molar-refractivity contribution in [3.05, 3.63) is 113 Å². The van der Waals surface area contributed by atoms with E-state index in [0.717, 1.165) is 30.0 Å². The van der Waals surface area contributed by atoms with Gasteiger partial charge in [-0.15, -0.1) is 5.10 Å². The number of rotatable bonds is 9. The molecule has 6 rings (SSSR count). The van der Waals surface area contributed by atoms with Crippen LogP contribution in [0.15, 0.2) is 96.1 Å². The molecule has 0 unspecified atom stereocenters. The zero-order valence-electron chi connectivity index (χ0n) is 24.5. The second-order valence-corrected chi connectivity index (χ2v) is 10.8. The Morgan fingerprint density at radius 3 is 2.41 bits per heavy atom. The van der Waals surface area contributed by atoms with Crippen molar-refractivity contribution in [2.24, 2.45) is 5.10 Å². The summed E-state index contributed by atoms with van der Waals surface area (Å²) in [5.74, 6) is 0.659. The number of para-hydroxylation sites is 1. The quantitative estimate of drug-likeness (QED) is 0.205. The molecule has 2 aliphatic heterocycles. The van der Waals surface area contributed by atoms with Gasteiger partial charge in [-0.1, -0.05) is 54.1 Å². The molecule has 0 spiro atoms. The van der Waals surface area contributed by atoms with Gasteiger partial charge >= 0.3 is 0 Å². The van der Waals surface area contributed by atoms with E-state index in [2.05, 4.69) is 4.90 Å².